The molecular weight excluding hydrogens is 252 g/mol. The van der Waals surface area contributed by atoms with Gasteiger partial charge in [0.05, 0.1) is 11.8 Å². The maximum absolute atomic E-state index is 11.9. The highest BCUT2D eigenvalue weighted by Gasteiger charge is 2.25. The Morgan fingerprint density at radius 1 is 1.30 bits per heavy atom. The summed E-state index contributed by atoms with van der Waals surface area (Å²) >= 11 is 0. The predicted molar refractivity (Wildman–Crippen MR) is 77.6 cm³/mol. The Balaban J connectivity index is 1.56. The van der Waals surface area contributed by atoms with Gasteiger partial charge in [-0.2, -0.15) is 0 Å². The van der Waals surface area contributed by atoms with Crippen molar-refractivity contribution in [3.05, 3.63) is 36.4 Å². The van der Waals surface area contributed by atoms with Gasteiger partial charge in [0, 0.05) is 31.4 Å². The van der Waals surface area contributed by atoms with Crippen LogP contribution in [-0.2, 0) is 0 Å². The van der Waals surface area contributed by atoms with Crippen LogP contribution in [0.25, 0.3) is 0 Å². The summed E-state index contributed by atoms with van der Waals surface area (Å²) in [6, 6.07) is 2.28. The second-order valence-corrected chi connectivity index (χ2v) is 5.73. The summed E-state index contributed by atoms with van der Waals surface area (Å²) in [7, 11) is 0. The van der Waals surface area contributed by atoms with Crippen molar-refractivity contribution in [2.45, 2.75) is 31.7 Å². The number of nitrogens with zero attached hydrogens (tertiary/aromatic N) is 2. The molecule has 1 aromatic rings. The van der Waals surface area contributed by atoms with E-state index in [9.17, 15) is 4.79 Å². The maximum atomic E-state index is 11.9. The predicted octanol–water partition coefficient (Wildman–Crippen LogP) is 2.54. The quantitative estimate of drug-likeness (QED) is 0.611. The summed E-state index contributed by atoms with van der Waals surface area (Å²) < 4.78 is 4.94. The van der Waals surface area contributed by atoms with Crippen molar-refractivity contribution in [2.75, 3.05) is 26.2 Å². The number of hydrogen-bond donors (Lipinski definition) is 0. The fourth-order valence-electron chi connectivity index (χ4n) is 3.18. The SMILES string of the molecule is O=C(/C=C/N1CCC[C@H]1CN1CCCC1)c1ccoc1. The van der Waals surface area contributed by atoms with Crippen LogP contribution >= 0.6 is 0 Å². The van der Waals surface area contributed by atoms with Crippen molar-refractivity contribution in [3.63, 3.8) is 0 Å². The Morgan fingerprint density at radius 3 is 2.90 bits per heavy atom. The summed E-state index contributed by atoms with van der Waals surface area (Å²) in [5.41, 5.74) is 0.622. The lowest BCUT2D eigenvalue weighted by Gasteiger charge is -2.27. The van der Waals surface area contributed by atoms with Crippen molar-refractivity contribution >= 4 is 5.78 Å². The molecule has 0 amide bonds. The second-order valence-electron chi connectivity index (χ2n) is 5.73. The Labute approximate surface area is 120 Å². The Kier molecular flexibility index (Phi) is 4.21. The third-order valence-electron chi connectivity index (χ3n) is 4.31. The van der Waals surface area contributed by atoms with E-state index in [-0.39, 0.29) is 5.78 Å². The van der Waals surface area contributed by atoms with Crippen molar-refractivity contribution in [3.8, 4) is 0 Å². The van der Waals surface area contributed by atoms with E-state index in [4.69, 9.17) is 4.42 Å². The summed E-state index contributed by atoms with van der Waals surface area (Å²) in [6.07, 6.45) is 11.8. The van der Waals surface area contributed by atoms with E-state index in [1.807, 2.05) is 6.20 Å². The molecule has 0 aliphatic carbocycles. The van der Waals surface area contributed by atoms with E-state index in [1.54, 1.807) is 12.1 Å². The van der Waals surface area contributed by atoms with E-state index in [2.05, 4.69) is 9.80 Å². The van der Waals surface area contributed by atoms with Gasteiger partial charge in [0.15, 0.2) is 5.78 Å². The average molecular weight is 274 g/mol. The molecule has 0 radical (unpaired) electrons. The van der Waals surface area contributed by atoms with Gasteiger partial charge in [-0.25, -0.2) is 0 Å². The van der Waals surface area contributed by atoms with Gasteiger partial charge in [-0.1, -0.05) is 0 Å². The van der Waals surface area contributed by atoms with Crippen molar-refractivity contribution < 1.29 is 9.21 Å². The lowest BCUT2D eigenvalue weighted by atomic mass is 10.2. The first-order chi connectivity index (χ1) is 9.83. The minimum atomic E-state index is 0.0190. The molecule has 108 valence electrons. The van der Waals surface area contributed by atoms with Gasteiger partial charge >= 0.3 is 0 Å². The van der Waals surface area contributed by atoms with Crippen LogP contribution in [-0.4, -0.2) is 47.8 Å². The number of likely N-dealkylation sites (tertiary alicyclic amines) is 2. The topological polar surface area (TPSA) is 36.7 Å². The monoisotopic (exact) mass is 274 g/mol. The number of furan rings is 1. The number of allylic oxidation sites excluding steroid dienone is 1. The molecule has 0 bridgehead atoms. The first-order valence-electron chi connectivity index (χ1n) is 7.56. The number of ketones is 1. The summed E-state index contributed by atoms with van der Waals surface area (Å²) in [4.78, 5) is 16.8. The maximum Gasteiger partial charge on any atom is 0.190 e. The van der Waals surface area contributed by atoms with Crippen LogP contribution in [0.4, 0.5) is 0 Å². The van der Waals surface area contributed by atoms with Crippen molar-refractivity contribution in [1.82, 2.24) is 9.80 Å². The van der Waals surface area contributed by atoms with Gasteiger partial charge in [-0.05, 0) is 44.8 Å². The standard InChI is InChI=1S/C16H22N2O2/c19-16(14-6-11-20-13-14)5-10-18-9-3-4-15(18)12-17-7-1-2-8-17/h5-6,10-11,13,15H,1-4,7-9,12H2/b10-5+/t15-/m0/s1. The molecule has 3 heterocycles. The van der Waals surface area contributed by atoms with Crippen LogP contribution in [0, 0.1) is 0 Å². The van der Waals surface area contributed by atoms with Crippen LogP contribution in [0.2, 0.25) is 0 Å². The molecule has 4 nitrogen and oxygen atoms in total. The molecule has 4 heteroatoms. The molecule has 2 fully saturated rings. The fraction of sp³-hybridized carbons (Fsp3) is 0.562. The molecule has 3 rings (SSSR count). The average Bonchev–Trinajstić information content (AvgIpc) is 3.20. The van der Waals surface area contributed by atoms with E-state index < -0.39 is 0 Å². The van der Waals surface area contributed by atoms with Gasteiger partial charge in [-0.15, -0.1) is 0 Å². The number of carbonyl (C=O) groups is 1. The van der Waals surface area contributed by atoms with Crippen molar-refractivity contribution in [1.29, 1.82) is 0 Å². The van der Waals surface area contributed by atoms with Gasteiger partial charge in [-0.3, -0.25) is 4.79 Å². The Morgan fingerprint density at radius 2 is 2.15 bits per heavy atom. The van der Waals surface area contributed by atoms with Crippen LogP contribution in [0.5, 0.6) is 0 Å². The van der Waals surface area contributed by atoms with Crippen LogP contribution in [0.3, 0.4) is 0 Å². The molecule has 0 N–H and O–H groups in total. The van der Waals surface area contributed by atoms with E-state index in [0.717, 1.165) is 13.1 Å². The molecule has 0 unspecified atom stereocenters. The summed E-state index contributed by atoms with van der Waals surface area (Å²) in [6.45, 7) is 4.68. The molecule has 2 aliphatic rings. The summed E-state index contributed by atoms with van der Waals surface area (Å²) in [5.74, 6) is 0.0190. The minimum absolute atomic E-state index is 0.0190. The smallest absolute Gasteiger partial charge is 0.190 e. The minimum Gasteiger partial charge on any atom is -0.472 e. The Hall–Kier alpha value is -1.55. The van der Waals surface area contributed by atoms with E-state index in [1.165, 1.54) is 51.3 Å². The third-order valence-corrected chi connectivity index (χ3v) is 4.31. The third kappa shape index (κ3) is 3.12. The molecule has 1 aromatic heterocycles. The molecule has 2 aliphatic heterocycles. The van der Waals surface area contributed by atoms with Crippen LogP contribution < -0.4 is 0 Å². The van der Waals surface area contributed by atoms with Crippen LogP contribution in [0.15, 0.2) is 35.3 Å². The lowest BCUT2D eigenvalue weighted by Crippen LogP contribution is -2.36. The fourth-order valence-corrected chi connectivity index (χ4v) is 3.18. The molecule has 0 aromatic carbocycles. The van der Waals surface area contributed by atoms with Gasteiger partial charge in [0.25, 0.3) is 0 Å². The normalized spacial score (nSPS) is 24.0. The molecule has 0 spiro atoms. The first-order valence-corrected chi connectivity index (χ1v) is 7.56. The second kappa shape index (κ2) is 6.27. The van der Waals surface area contributed by atoms with Crippen LogP contribution in [0.1, 0.15) is 36.0 Å². The Bertz CT molecular complexity index is 461. The molecule has 1 atom stereocenters. The highest BCUT2D eigenvalue weighted by atomic mass is 16.3. The first kappa shape index (κ1) is 13.4. The zero-order valence-corrected chi connectivity index (χ0v) is 11.8. The molecule has 2 saturated heterocycles. The number of rotatable bonds is 5. The van der Waals surface area contributed by atoms with E-state index in [0.29, 0.717) is 11.6 Å². The van der Waals surface area contributed by atoms with Gasteiger partial charge in [0.1, 0.15) is 6.26 Å². The van der Waals surface area contributed by atoms with Crippen molar-refractivity contribution in [2.24, 2.45) is 0 Å². The van der Waals surface area contributed by atoms with E-state index >= 15 is 0 Å². The zero-order chi connectivity index (χ0) is 13.8. The molecule has 20 heavy (non-hydrogen) atoms. The summed E-state index contributed by atoms with van der Waals surface area (Å²) in [5, 5.41) is 0. The molecular formula is C16H22N2O2. The number of hydrogen-bond acceptors (Lipinski definition) is 4. The van der Waals surface area contributed by atoms with Gasteiger partial charge in [0.2, 0.25) is 0 Å². The molecule has 0 saturated carbocycles. The number of carbonyl (C=O) groups excluding carboxylic acids is 1. The highest BCUT2D eigenvalue weighted by Crippen LogP contribution is 2.20. The van der Waals surface area contributed by atoms with Gasteiger partial charge < -0.3 is 14.2 Å². The highest BCUT2D eigenvalue weighted by molar-refractivity contribution is 6.04. The largest absolute Gasteiger partial charge is 0.472 e. The zero-order valence-electron chi connectivity index (χ0n) is 11.8. The lowest BCUT2D eigenvalue weighted by molar-refractivity contribution is 0.104.